The minimum atomic E-state index is -0.526. The number of aromatic nitrogens is 2. The first-order valence-corrected chi connectivity index (χ1v) is 9.53. The van der Waals surface area contributed by atoms with Crippen LogP contribution in [0.3, 0.4) is 0 Å². The Morgan fingerprint density at radius 3 is 2.83 bits per heavy atom. The van der Waals surface area contributed by atoms with Crippen molar-refractivity contribution in [3.8, 4) is 17.7 Å². The lowest BCUT2D eigenvalue weighted by Crippen LogP contribution is -2.21. The normalized spacial score (nSPS) is 15.4. The van der Waals surface area contributed by atoms with E-state index in [0.717, 1.165) is 16.8 Å². The molecule has 1 atom stereocenters. The van der Waals surface area contributed by atoms with E-state index in [4.69, 9.17) is 38.4 Å². The molecule has 3 N–H and O–H groups in total. The van der Waals surface area contributed by atoms with Crippen molar-refractivity contribution in [1.82, 2.24) is 10.2 Å². The van der Waals surface area contributed by atoms with Gasteiger partial charge in [0.25, 0.3) is 0 Å². The SMILES string of the molecule is Cc1[nH]nc2c1[C@@H](c1cc(Cl)ccc1OCc1ccccc1Cl)C(C#N)=C(N)O2. The third-order valence-corrected chi connectivity index (χ3v) is 5.36. The molecule has 4 rings (SSSR count). The van der Waals surface area contributed by atoms with Crippen LogP contribution >= 0.6 is 23.2 Å². The topological polar surface area (TPSA) is 97.0 Å². The molecule has 1 aliphatic rings. The van der Waals surface area contributed by atoms with Gasteiger partial charge in [-0.3, -0.25) is 5.10 Å². The van der Waals surface area contributed by atoms with Crippen LogP contribution in [0.5, 0.6) is 11.6 Å². The van der Waals surface area contributed by atoms with Gasteiger partial charge < -0.3 is 15.2 Å². The van der Waals surface area contributed by atoms with Crippen LogP contribution in [0.15, 0.2) is 53.9 Å². The van der Waals surface area contributed by atoms with Crippen LogP contribution < -0.4 is 15.2 Å². The van der Waals surface area contributed by atoms with Crippen LogP contribution in [0.4, 0.5) is 0 Å². The number of benzene rings is 2. The largest absolute Gasteiger partial charge is 0.489 e. The van der Waals surface area contributed by atoms with Gasteiger partial charge in [-0.2, -0.15) is 5.26 Å². The fourth-order valence-corrected chi connectivity index (χ4v) is 3.73. The average molecular weight is 427 g/mol. The molecule has 0 bridgehead atoms. The number of nitriles is 1. The molecule has 2 heterocycles. The standard InChI is InChI=1S/C21H16Cl2N4O2/c1-11-18-19(15(9-24)20(25)29-21(18)27-26-11)14-8-13(22)6-7-17(14)28-10-12-4-2-3-5-16(12)23/h2-8,19H,10,25H2,1H3,(H,26,27)/t19-/m0/s1. The Labute approximate surface area is 177 Å². The average Bonchev–Trinajstić information content (AvgIpc) is 3.07. The molecule has 1 aliphatic heterocycles. The zero-order valence-electron chi connectivity index (χ0n) is 15.4. The number of aromatic amines is 1. The van der Waals surface area contributed by atoms with Crippen molar-refractivity contribution in [2.75, 3.05) is 0 Å². The van der Waals surface area contributed by atoms with E-state index in [1.54, 1.807) is 24.3 Å². The zero-order chi connectivity index (χ0) is 20.5. The van der Waals surface area contributed by atoms with E-state index in [2.05, 4.69) is 16.3 Å². The zero-order valence-corrected chi connectivity index (χ0v) is 16.9. The predicted octanol–water partition coefficient (Wildman–Crippen LogP) is 4.82. The van der Waals surface area contributed by atoms with Crippen molar-refractivity contribution in [2.45, 2.75) is 19.4 Å². The molecule has 0 aliphatic carbocycles. The summed E-state index contributed by atoms with van der Waals surface area (Å²) >= 11 is 12.5. The van der Waals surface area contributed by atoms with Gasteiger partial charge in [-0.1, -0.05) is 41.4 Å². The van der Waals surface area contributed by atoms with Crippen molar-refractivity contribution < 1.29 is 9.47 Å². The summed E-state index contributed by atoms with van der Waals surface area (Å²) < 4.78 is 11.6. The van der Waals surface area contributed by atoms with Gasteiger partial charge >= 0.3 is 0 Å². The molecule has 1 aromatic heterocycles. The highest BCUT2D eigenvalue weighted by Crippen LogP contribution is 2.46. The van der Waals surface area contributed by atoms with Gasteiger partial charge in [-0.15, -0.1) is 5.10 Å². The van der Waals surface area contributed by atoms with Crippen molar-refractivity contribution in [2.24, 2.45) is 5.73 Å². The van der Waals surface area contributed by atoms with Gasteiger partial charge in [0.1, 0.15) is 24.0 Å². The van der Waals surface area contributed by atoms with Crippen molar-refractivity contribution in [3.05, 3.63) is 86.4 Å². The summed E-state index contributed by atoms with van der Waals surface area (Å²) in [6, 6.07) is 14.9. The maximum absolute atomic E-state index is 9.76. The number of nitrogens with two attached hydrogens (primary N) is 1. The summed E-state index contributed by atoms with van der Waals surface area (Å²) in [5.74, 6) is 0.380. The molecule has 8 heteroatoms. The molecular formula is C21H16Cl2N4O2. The Bertz CT molecular complexity index is 1160. The van der Waals surface area contributed by atoms with Crippen LogP contribution in [-0.2, 0) is 6.61 Å². The monoisotopic (exact) mass is 426 g/mol. The summed E-state index contributed by atoms with van der Waals surface area (Å²) in [6.07, 6.45) is 0. The molecule has 0 unspecified atom stereocenters. The molecule has 6 nitrogen and oxygen atoms in total. The number of nitrogens with zero attached hydrogens (tertiary/aromatic N) is 2. The third-order valence-electron chi connectivity index (χ3n) is 4.75. The Balaban J connectivity index is 1.80. The van der Waals surface area contributed by atoms with Crippen LogP contribution in [0, 0.1) is 18.3 Å². The molecule has 0 saturated carbocycles. The second-order valence-corrected chi connectivity index (χ2v) is 7.40. The van der Waals surface area contributed by atoms with E-state index < -0.39 is 5.92 Å². The molecule has 3 aromatic rings. The lowest BCUT2D eigenvalue weighted by atomic mass is 9.83. The van der Waals surface area contributed by atoms with Crippen LogP contribution in [0.2, 0.25) is 10.0 Å². The second-order valence-electron chi connectivity index (χ2n) is 6.55. The molecule has 0 radical (unpaired) electrons. The maximum Gasteiger partial charge on any atom is 0.244 e. The highest BCUT2D eigenvalue weighted by molar-refractivity contribution is 6.31. The molecule has 0 fully saturated rings. The summed E-state index contributed by atoms with van der Waals surface area (Å²) in [6.45, 7) is 2.11. The summed E-state index contributed by atoms with van der Waals surface area (Å²) in [5.41, 5.74) is 9.30. The third kappa shape index (κ3) is 3.51. The number of hydrogen-bond donors (Lipinski definition) is 2. The molecule has 0 amide bonds. The van der Waals surface area contributed by atoms with Gasteiger partial charge in [-0.25, -0.2) is 0 Å². The van der Waals surface area contributed by atoms with Gasteiger partial charge in [0.2, 0.25) is 11.8 Å². The van der Waals surface area contributed by atoms with Gasteiger partial charge in [0, 0.05) is 32.4 Å². The molecule has 2 aromatic carbocycles. The fourth-order valence-electron chi connectivity index (χ4n) is 3.36. The Morgan fingerprint density at radius 1 is 1.28 bits per heavy atom. The van der Waals surface area contributed by atoms with E-state index in [1.807, 2.05) is 25.1 Å². The number of hydrogen-bond acceptors (Lipinski definition) is 5. The second kappa shape index (κ2) is 7.70. The molecule has 0 spiro atoms. The number of aryl methyl sites for hydroxylation is 1. The number of halogens is 2. The summed E-state index contributed by atoms with van der Waals surface area (Å²) in [4.78, 5) is 0. The number of rotatable bonds is 4. The maximum atomic E-state index is 9.76. The highest BCUT2D eigenvalue weighted by Gasteiger charge is 2.36. The summed E-state index contributed by atoms with van der Waals surface area (Å²) in [5, 5.41) is 17.9. The minimum Gasteiger partial charge on any atom is -0.489 e. The number of nitrogens with one attached hydrogen (secondary N) is 1. The van der Waals surface area contributed by atoms with Crippen molar-refractivity contribution in [1.29, 1.82) is 5.26 Å². The van der Waals surface area contributed by atoms with Crippen molar-refractivity contribution in [3.63, 3.8) is 0 Å². The first-order chi connectivity index (χ1) is 14.0. The minimum absolute atomic E-state index is 0.00790. The first kappa shape index (κ1) is 19.2. The lowest BCUT2D eigenvalue weighted by Gasteiger charge is -2.25. The van der Waals surface area contributed by atoms with Crippen LogP contribution in [0.25, 0.3) is 0 Å². The number of H-pyrrole nitrogens is 1. The van der Waals surface area contributed by atoms with E-state index in [-0.39, 0.29) is 18.1 Å². The number of allylic oxidation sites excluding steroid dienone is 1. The summed E-state index contributed by atoms with van der Waals surface area (Å²) in [7, 11) is 0. The van der Waals surface area contributed by atoms with E-state index in [1.165, 1.54) is 0 Å². The Kier molecular flexibility index (Phi) is 5.10. The lowest BCUT2D eigenvalue weighted by molar-refractivity contribution is 0.301. The van der Waals surface area contributed by atoms with Gasteiger partial charge in [-0.05, 0) is 31.2 Å². The molecule has 29 heavy (non-hydrogen) atoms. The Morgan fingerprint density at radius 2 is 2.07 bits per heavy atom. The fraction of sp³-hybridized carbons (Fsp3) is 0.143. The van der Waals surface area contributed by atoms with E-state index >= 15 is 0 Å². The number of ether oxygens (including phenoxy) is 2. The van der Waals surface area contributed by atoms with Gasteiger partial charge in [0.05, 0.1) is 5.92 Å². The van der Waals surface area contributed by atoms with Crippen LogP contribution in [-0.4, -0.2) is 10.2 Å². The quantitative estimate of drug-likeness (QED) is 0.622. The Hall–Kier alpha value is -3.14. The van der Waals surface area contributed by atoms with Crippen molar-refractivity contribution >= 4 is 23.2 Å². The van der Waals surface area contributed by atoms with E-state index in [9.17, 15) is 5.26 Å². The first-order valence-electron chi connectivity index (χ1n) is 8.77. The highest BCUT2D eigenvalue weighted by atomic mass is 35.5. The molecule has 146 valence electrons. The van der Waals surface area contributed by atoms with E-state index in [0.29, 0.717) is 27.2 Å². The molecular weight excluding hydrogens is 411 g/mol. The van der Waals surface area contributed by atoms with Crippen LogP contribution in [0.1, 0.15) is 28.3 Å². The number of fused-ring (bicyclic) bond motifs is 1. The van der Waals surface area contributed by atoms with Gasteiger partial charge in [0.15, 0.2) is 0 Å². The molecule has 0 saturated heterocycles. The predicted molar refractivity (Wildman–Crippen MR) is 110 cm³/mol. The smallest absolute Gasteiger partial charge is 0.244 e.